The summed E-state index contributed by atoms with van der Waals surface area (Å²) in [6.07, 6.45) is -3.90. The fourth-order valence-electron chi connectivity index (χ4n) is 3.45. The van der Waals surface area contributed by atoms with Gasteiger partial charge in [0, 0.05) is 37.2 Å². The molecule has 3 amide bonds. The molecule has 0 aliphatic carbocycles. The monoisotopic (exact) mass is 419 g/mol. The number of benzene rings is 2. The highest BCUT2D eigenvalue weighted by atomic mass is 19.4. The highest BCUT2D eigenvalue weighted by molar-refractivity contribution is 6.10. The van der Waals surface area contributed by atoms with Gasteiger partial charge in [-0.05, 0) is 29.7 Å². The number of fused-ring (bicyclic) bond motifs is 1. The Labute approximate surface area is 170 Å². The second kappa shape index (κ2) is 8.56. The topological polar surface area (TPSA) is 92.5 Å². The number of hydrogen-bond donors (Lipinski definition) is 2. The maximum atomic E-state index is 12.9. The van der Waals surface area contributed by atoms with E-state index in [1.807, 2.05) is 6.07 Å². The number of carbonyl (C=O) groups is 3. The first-order valence-corrected chi connectivity index (χ1v) is 9.30. The summed E-state index contributed by atoms with van der Waals surface area (Å²) in [5, 5.41) is 2.37. The van der Waals surface area contributed by atoms with Gasteiger partial charge in [-0.15, -0.1) is 0 Å². The van der Waals surface area contributed by atoms with Crippen LogP contribution in [0.25, 0.3) is 0 Å². The molecule has 0 fully saturated rings. The first kappa shape index (κ1) is 21.4. The number of hydrogen-bond acceptors (Lipinski definition) is 3. The van der Waals surface area contributed by atoms with Crippen LogP contribution >= 0.6 is 0 Å². The summed E-state index contributed by atoms with van der Waals surface area (Å²) in [6.45, 7) is 0.864. The largest absolute Gasteiger partial charge is 0.416 e. The summed E-state index contributed by atoms with van der Waals surface area (Å²) in [5.74, 6) is -0.500. The van der Waals surface area contributed by atoms with E-state index in [1.165, 1.54) is 12.1 Å². The molecule has 0 aromatic heterocycles. The van der Waals surface area contributed by atoms with Crippen molar-refractivity contribution in [3.8, 4) is 0 Å². The van der Waals surface area contributed by atoms with Gasteiger partial charge in [0.15, 0.2) is 5.78 Å². The molecule has 2 aromatic carbocycles. The van der Waals surface area contributed by atoms with Gasteiger partial charge in [-0.2, -0.15) is 13.2 Å². The molecule has 0 bridgehead atoms. The fourth-order valence-corrected chi connectivity index (χ4v) is 3.45. The number of primary amides is 1. The molecule has 30 heavy (non-hydrogen) atoms. The summed E-state index contributed by atoms with van der Waals surface area (Å²) in [5.41, 5.74) is 6.38. The Morgan fingerprint density at radius 1 is 1.07 bits per heavy atom. The van der Waals surface area contributed by atoms with Crippen LogP contribution in [0.4, 0.5) is 18.0 Å². The Bertz CT molecular complexity index is 972. The van der Waals surface area contributed by atoms with Gasteiger partial charge < -0.3 is 16.0 Å². The Morgan fingerprint density at radius 3 is 2.40 bits per heavy atom. The van der Waals surface area contributed by atoms with Crippen LogP contribution in [0.3, 0.4) is 0 Å². The molecule has 1 aliphatic rings. The third-order valence-corrected chi connectivity index (χ3v) is 4.98. The number of amides is 3. The van der Waals surface area contributed by atoms with Crippen molar-refractivity contribution >= 4 is 17.7 Å². The molecule has 158 valence electrons. The summed E-state index contributed by atoms with van der Waals surface area (Å²) in [4.78, 5) is 37.5. The van der Waals surface area contributed by atoms with E-state index in [2.05, 4.69) is 5.32 Å². The molecule has 6 nitrogen and oxygen atoms in total. The summed E-state index contributed by atoms with van der Waals surface area (Å²) in [7, 11) is 0. The van der Waals surface area contributed by atoms with Gasteiger partial charge in [-0.1, -0.05) is 30.3 Å². The van der Waals surface area contributed by atoms with Crippen molar-refractivity contribution in [1.29, 1.82) is 0 Å². The highest BCUT2D eigenvalue weighted by Gasteiger charge is 2.30. The first-order valence-electron chi connectivity index (χ1n) is 9.30. The number of rotatable bonds is 5. The van der Waals surface area contributed by atoms with Crippen LogP contribution in [0.2, 0.25) is 0 Å². The highest BCUT2D eigenvalue weighted by Crippen LogP contribution is 2.30. The van der Waals surface area contributed by atoms with Crippen molar-refractivity contribution in [3.05, 3.63) is 70.3 Å². The van der Waals surface area contributed by atoms with Gasteiger partial charge in [0.05, 0.1) is 5.56 Å². The van der Waals surface area contributed by atoms with Crippen LogP contribution < -0.4 is 11.1 Å². The molecule has 0 atom stereocenters. The van der Waals surface area contributed by atoms with Crippen molar-refractivity contribution in [2.75, 3.05) is 13.1 Å². The maximum absolute atomic E-state index is 12.9. The van der Waals surface area contributed by atoms with Gasteiger partial charge in [0.1, 0.15) is 0 Å². The van der Waals surface area contributed by atoms with Crippen LogP contribution in [0.5, 0.6) is 0 Å². The zero-order valence-corrected chi connectivity index (χ0v) is 16.0. The quantitative estimate of drug-likeness (QED) is 0.730. The average molecular weight is 419 g/mol. The van der Waals surface area contributed by atoms with Crippen molar-refractivity contribution < 1.29 is 27.6 Å². The lowest BCUT2D eigenvalue weighted by Crippen LogP contribution is -2.39. The van der Waals surface area contributed by atoms with E-state index in [1.54, 1.807) is 17.0 Å². The van der Waals surface area contributed by atoms with E-state index in [0.717, 1.165) is 23.3 Å². The molecule has 1 aliphatic heterocycles. The van der Waals surface area contributed by atoms with E-state index in [-0.39, 0.29) is 30.2 Å². The van der Waals surface area contributed by atoms with E-state index in [0.29, 0.717) is 25.1 Å². The van der Waals surface area contributed by atoms with E-state index in [9.17, 15) is 27.6 Å². The lowest BCUT2D eigenvalue weighted by molar-refractivity contribution is -0.137. The molecular weight excluding hydrogens is 399 g/mol. The Kier molecular flexibility index (Phi) is 6.09. The van der Waals surface area contributed by atoms with E-state index >= 15 is 0 Å². The molecule has 0 saturated heterocycles. The molecular formula is C21H20F3N3O3. The summed E-state index contributed by atoms with van der Waals surface area (Å²) in [6, 6.07) is 8.60. The van der Waals surface area contributed by atoms with Crippen LogP contribution in [-0.4, -0.2) is 35.7 Å². The van der Waals surface area contributed by atoms with E-state index in [4.69, 9.17) is 5.73 Å². The predicted octanol–water partition coefficient (Wildman–Crippen LogP) is 2.88. The third kappa shape index (κ3) is 4.79. The minimum Gasteiger partial charge on any atom is -0.352 e. The maximum Gasteiger partial charge on any atom is 0.416 e. The van der Waals surface area contributed by atoms with Crippen LogP contribution in [-0.2, 0) is 23.9 Å². The number of nitrogens with two attached hydrogens (primary N) is 1. The number of urea groups is 1. The minimum atomic E-state index is -4.46. The molecule has 2 aromatic rings. The van der Waals surface area contributed by atoms with Gasteiger partial charge in [-0.25, -0.2) is 4.79 Å². The number of carbonyl (C=O) groups excluding carboxylic acids is 3. The SMILES string of the molecule is NC(=O)NCCC(=O)N1CCc2c(cccc2C(=O)c2ccc(C(F)(F)F)cc2)C1. The molecule has 0 spiro atoms. The Hall–Kier alpha value is -3.36. The smallest absolute Gasteiger partial charge is 0.352 e. The second-order valence-corrected chi connectivity index (χ2v) is 6.95. The molecule has 0 radical (unpaired) electrons. The number of nitrogens with zero attached hydrogens (tertiary/aromatic N) is 1. The van der Waals surface area contributed by atoms with Crippen LogP contribution in [0, 0.1) is 0 Å². The standard InChI is InChI=1S/C21H20F3N3O3/c22-21(23,24)15-6-4-13(5-7-15)19(29)17-3-1-2-14-12-27(11-9-16(14)17)18(28)8-10-26-20(25)30/h1-7H,8-12H2,(H3,25,26,30). The second-order valence-electron chi connectivity index (χ2n) is 6.95. The number of alkyl halides is 3. The molecule has 3 rings (SSSR count). The molecule has 9 heteroatoms. The number of ketones is 1. The third-order valence-electron chi connectivity index (χ3n) is 4.98. The lowest BCUT2D eigenvalue weighted by atomic mass is 9.90. The zero-order chi connectivity index (χ0) is 21.9. The van der Waals surface area contributed by atoms with Gasteiger partial charge in [0.25, 0.3) is 0 Å². The summed E-state index contributed by atoms with van der Waals surface area (Å²) < 4.78 is 38.2. The molecule has 3 N–H and O–H groups in total. The number of halogens is 3. The van der Waals surface area contributed by atoms with E-state index < -0.39 is 17.8 Å². The van der Waals surface area contributed by atoms with Crippen molar-refractivity contribution in [2.24, 2.45) is 5.73 Å². The minimum absolute atomic E-state index is 0.114. The first-order chi connectivity index (χ1) is 14.2. The van der Waals surface area contributed by atoms with Gasteiger partial charge in [-0.3, -0.25) is 9.59 Å². The van der Waals surface area contributed by atoms with Crippen molar-refractivity contribution in [3.63, 3.8) is 0 Å². The van der Waals surface area contributed by atoms with Crippen LogP contribution in [0.15, 0.2) is 42.5 Å². The average Bonchev–Trinajstić information content (AvgIpc) is 2.71. The fraction of sp³-hybridized carbons (Fsp3) is 0.286. The van der Waals surface area contributed by atoms with Crippen molar-refractivity contribution in [2.45, 2.75) is 25.6 Å². The molecule has 0 saturated carbocycles. The molecule has 0 unspecified atom stereocenters. The number of nitrogens with one attached hydrogen (secondary N) is 1. The van der Waals surface area contributed by atoms with Crippen LogP contribution in [0.1, 0.15) is 39.0 Å². The van der Waals surface area contributed by atoms with Gasteiger partial charge >= 0.3 is 12.2 Å². The van der Waals surface area contributed by atoms with Gasteiger partial charge in [0.2, 0.25) is 5.91 Å². The molecule has 1 heterocycles. The normalized spacial score (nSPS) is 13.5. The predicted molar refractivity (Wildman–Crippen MR) is 103 cm³/mol. The zero-order valence-electron chi connectivity index (χ0n) is 16.0. The Morgan fingerprint density at radius 2 is 1.77 bits per heavy atom. The lowest BCUT2D eigenvalue weighted by Gasteiger charge is -2.30. The van der Waals surface area contributed by atoms with Crippen molar-refractivity contribution in [1.82, 2.24) is 10.2 Å². The summed E-state index contributed by atoms with van der Waals surface area (Å²) >= 11 is 0. The Balaban J connectivity index is 1.75.